The molecular formula is C14H19N5O2. The summed E-state index contributed by atoms with van der Waals surface area (Å²) in [5, 5.41) is 2.80. The summed E-state index contributed by atoms with van der Waals surface area (Å²) in [6.07, 6.45) is 2.34. The van der Waals surface area contributed by atoms with Gasteiger partial charge in [0.1, 0.15) is 18.0 Å². The Balaban J connectivity index is 2.09. The lowest BCUT2D eigenvalue weighted by Gasteiger charge is -2.25. The molecule has 1 aromatic rings. The molecule has 2 heterocycles. The summed E-state index contributed by atoms with van der Waals surface area (Å²) in [5.41, 5.74) is 5.70. The fraction of sp³-hybridized carbons (Fsp3) is 0.500. The summed E-state index contributed by atoms with van der Waals surface area (Å²) in [6.45, 7) is 2.82. The second-order valence-corrected chi connectivity index (χ2v) is 4.79. The first-order valence-corrected chi connectivity index (χ1v) is 6.71. The number of methoxy groups -OCH3 is 1. The van der Waals surface area contributed by atoms with Crippen molar-refractivity contribution in [2.24, 2.45) is 0 Å². The molecule has 0 aliphatic carbocycles. The van der Waals surface area contributed by atoms with Crippen LogP contribution in [0.4, 0.5) is 11.6 Å². The molecule has 7 nitrogen and oxygen atoms in total. The molecule has 21 heavy (non-hydrogen) atoms. The Hall–Kier alpha value is -2.33. The predicted molar refractivity (Wildman–Crippen MR) is 79.5 cm³/mol. The van der Waals surface area contributed by atoms with Crippen molar-refractivity contribution in [1.82, 2.24) is 15.3 Å². The van der Waals surface area contributed by atoms with Gasteiger partial charge >= 0.3 is 0 Å². The molecule has 3 N–H and O–H groups in total. The van der Waals surface area contributed by atoms with Gasteiger partial charge in [-0.1, -0.05) is 5.92 Å². The fourth-order valence-electron chi connectivity index (χ4n) is 2.41. The molecule has 0 spiro atoms. The van der Waals surface area contributed by atoms with Gasteiger partial charge in [-0.3, -0.25) is 4.79 Å². The Morgan fingerprint density at radius 2 is 2.43 bits per heavy atom. The zero-order valence-corrected chi connectivity index (χ0v) is 12.2. The molecule has 2 atom stereocenters. The lowest BCUT2D eigenvalue weighted by Crippen LogP contribution is -2.40. The molecule has 1 amide bonds. The Morgan fingerprint density at radius 1 is 1.62 bits per heavy atom. The highest BCUT2D eigenvalue weighted by Crippen LogP contribution is 2.25. The molecule has 0 aromatic carbocycles. The van der Waals surface area contributed by atoms with Gasteiger partial charge in [0.2, 0.25) is 0 Å². The van der Waals surface area contributed by atoms with E-state index < -0.39 is 0 Å². The van der Waals surface area contributed by atoms with Gasteiger partial charge in [0, 0.05) is 26.3 Å². The summed E-state index contributed by atoms with van der Waals surface area (Å²) < 4.78 is 5.42. The summed E-state index contributed by atoms with van der Waals surface area (Å²) in [5.74, 6) is 5.92. The second-order valence-electron chi connectivity index (χ2n) is 4.79. The average Bonchev–Trinajstić information content (AvgIpc) is 2.89. The first-order chi connectivity index (χ1) is 10.1. The van der Waals surface area contributed by atoms with E-state index in [4.69, 9.17) is 10.5 Å². The number of hydrogen-bond donors (Lipinski definition) is 2. The minimum atomic E-state index is -0.277. The van der Waals surface area contributed by atoms with Crippen molar-refractivity contribution in [3.63, 3.8) is 0 Å². The van der Waals surface area contributed by atoms with E-state index in [0.717, 1.165) is 12.2 Å². The van der Waals surface area contributed by atoms with Gasteiger partial charge < -0.3 is 20.7 Å². The highest BCUT2D eigenvalue weighted by molar-refractivity contribution is 5.93. The van der Waals surface area contributed by atoms with Gasteiger partial charge in [-0.15, -0.1) is 0 Å². The summed E-state index contributed by atoms with van der Waals surface area (Å²) in [6, 6.07) is 1.81. The zero-order chi connectivity index (χ0) is 15.2. The number of hydrogen-bond acceptors (Lipinski definition) is 6. The quantitative estimate of drug-likeness (QED) is 0.745. The molecule has 1 fully saturated rings. The molecule has 112 valence electrons. The van der Waals surface area contributed by atoms with Crippen LogP contribution in [0.2, 0.25) is 0 Å². The van der Waals surface area contributed by atoms with Crippen LogP contribution in [0.15, 0.2) is 12.4 Å². The van der Waals surface area contributed by atoms with E-state index in [-0.39, 0.29) is 18.1 Å². The fourth-order valence-corrected chi connectivity index (χ4v) is 2.41. The lowest BCUT2D eigenvalue weighted by molar-refractivity contribution is -0.115. The molecule has 1 aliphatic heterocycles. The van der Waals surface area contributed by atoms with Crippen molar-refractivity contribution in [2.75, 3.05) is 30.8 Å². The Morgan fingerprint density at radius 3 is 3.10 bits per heavy atom. The third-order valence-electron chi connectivity index (χ3n) is 3.41. The van der Waals surface area contributed by atoms with Crippen LogP contribution in [0.1, 0.15) is 13.3 Å². The van der Waals surface area contributed by atoms with Crippen LogP contribution < -0.4 is 16.0 Å². The first-order valence-electron chi connectivity index (χ1n) is 6.71. The number of carbonyl (C=O) groups is 1. The maximum Gasteiger partial charge on any atom is 0.295 e. The van der Waals surface area contributed by atoms with E-state index in [2.05, 4.69) is 32.0 Å². The number of aromatic nitrogens is 2. The van der Waals surface area contributed by atoms with Crippen molar-refractivity contribution in [1.29, 1.82) is 0 Å². The largest absolute Gasteiger partial charge is 0.384 e. The normalized spacial score (nSPS) is 20.8. The van der Waals surface area contributed by atoms with E-state index in [1.165, 1.54) is 6.33 Å². The van der Waals surface area contributed by atoms with Gasteiger partial charge in [-0.25, -0.2) is 9.97 Å². The van der Waals surface area contributed by atoms with E-state index in [9.17, 15) is 4.79 Å². The van der Waals surface area contributed by atoms with Crippen molar-refractivity contribution in [2.45, 2.75) is 25.5 Å². The number of nitrogens with zero attached hydrogens (tertiary/aromatic N) is 3. The maximum atomic E-state index is 11.5. The molecule has 1 aromatic heterocycles. The first kappa shape index (κ1) is 15.1. The molecule has 7 heteroatoms. The van der Waals surface area contributed by atoms with Crippen LogP contribution in [0, 0.1) is 11.8 Å². The standard InChI is InChI=1S/C14H19N5O2/c1-3-4-14(20)16-7-10-5-11(21-2)8-19(10)13-6-12(15)17-9-18-13/h6,9-11H,5,7-8H2,1-2H3,(H,16,20)(H2,15,17,18)/t10-,11-/m1/s1. The Bertz CT molecular complexity index is 566. The maximum absolute atomic E-state index is 11.5. The summed E-state index contributed by atoms with van der Waals surface area (Å²) in [4.78, 5) is 21.7. The molecule has 2 rings (SSSR count). The van der Waals surface area contributed by atoms with Gasteiger partial charge in [0.25, 0.3) is 5.91 Å². The van der Waals surface area contributed by atoms with Gasteiger partial charge in [0.15, 0.2) is 0 Å². The Kier molecular flexibility index (Phi) is 4.95. The zero-order valence-electron chi connectivity index (χ0n) is 12.2. The molecule has 1 aliphatic rings. The highest BCUT2D eigenvalue weighted by Gasteiger charge is 2.33. The number of anilines is 2. The lowest BCUT2D eigenvalue weighted by atomic mass is 10.2. The minimum Gasteiger partial charge on any atom is -0.384 e. The second kappa shape index (κ2) is 6.90. The van der Waals surface area contributed by atoms with Crippen LogP contribution >= 0.6 is 0 Å². The topological polar surface area (TPSA) is 93.4 Å². The molecular weight excluding hydrogens is 270 g/mol. The van der Waals surface area contributed by atoms with Gasteiger partial charge in [-0.2, -0.15) is 0 Å². The van der Waals surface area contributed by atoms with E-state index in [1.54, 1.807) is 20.1 Å². The van der Waals surface area contributed by atoms with Crippen LogP contribution in [0.25, 0.3) is 0 Å². The number of rotatable bonds is 4. The van der Waals surface area contributed by atoms with Crippen molar-refractivity contribution in [3.05, 3.63) is 12.4 Å². The number of ether oxygens (including phenoxy) is 1. The number of nitrogens with two attached hydrogens (primary N) is 1. The van der Waals surface area contributed by atoms with Crippen LogP contribution in [0.3, 0.4) is 0 Å². The monoisotopic (exact) mass is 289 g/mol. The SMILES string of the molecule is CC#CC(=O)NC[C@H]1C[C@@H](OC)CN1c1cc(N)ncn1. The highest BCUT2D eigenvalue weighted by atomic mass is 16.5. The van der Waals surface area contributed by atoms with Crippen LogP contribution in [0.5, 0.6) is 0 Å². The van der Waals surface area contributed by atoms with Crippen LogP contribution in [-0.2, 0) is 9.53 Å². The molecule has 0 saturated carbocycles. The number of carbonyl (C=O) groups excluding carboxylic acids is 1. The Labute approximate surface area is 123 Å². The van der Waals surface area contributed by atoms with E-state index in [1.807, 2.05) is 0 Å². The van der Waals surface area contributed by atoms with E-state index >= 15 is 0 Å². The molecule has 0 bridgehead atoms. The number of amides is 1. The van der Waals surface area contributed by atoms with Crippen molar-refractivity contribution >= 4 is 17.5 Å². The van der Waals surface area contributed by atoms with Gasteiger partial charge in [-0.05, 0) is 19.3 Å². The molecule has 1 saturated heterocycles. The predicted octanol–water partition coefficient (Wildman–Crippen LogP) is -0.208. The van der Waals surface area contributed by atoms with Crippen LogP contribution in [-0.4, -0.2) is 48.2 Å². The minimum absolute atomic E-state index is 0.0897. The van der Waals surface area contributed by atoms with E-state index in [0.29, 0.717) is 18.9 Å². The van der Waals surface area contributed by atoms with Gasteiger partial charge in [0.05, 0.1) is 12.1 Å². The third kappa shape index (κ3) is 3.83. The number of nitrogens with one attached hydrogen (secondary N) is 1. The molecule has 0 radical (unpaired) electrons. The summed E-state index contributed by atoms with van der Waals surface area (Å²) >= 11 is 0. The van der Waals surface area contributed by atoms with Crippen molar-refractivity contribution in [3.8, 4) is 11.8 Å². The number of nitrogen functional groups attached to an aromatic ring is 1. The smallest absolute Gasteiger partial charge is 0.295 e. The summed E-state index contributed by atoms with van der Waals surface area (Å²) in [7, 11) is 1.68. The third-order valence-corrected chi connectivity index (χ3v) is 3.41. The average molecular weight is 289 g/mol. The van der Waals surface area contributed by atoms with Crippen molar-refractivity contribution < 1.29 is 9.53 Å². The molecule has 0 unspecified atom stereocenters.